The molecule has 4 rings (SSSR count). The monoisotopic (exact) mass is 326 g/mol. The van der Waals surface area contributed by atoms with E-state index in [1.165, 1.54) is 17.5 Å². The molecule has 0 bridgehead atoms. The molecule has 24 heavy (non-hydrogen) atoms. The number of carbonyl (C=O) groups excluding carboxylic acids is 1. The number of rotatable bonds is 4. The summed E-state index contributed by atoms with van der Waals surface area (Å²) in [5, 5.41) is 17.0. The van der Waals surface area contributed by atoms with E-state index in [0.717, 1.165) is 37.8 Å². The van der Waals surface area contributed by atoms with Crippen molar-refractivity contribution < 1.29 is 9.90 Å². The number of aryl methyl sites for hydroxylation is 2. The zero-order chi connectivity index (χ0) is 16.5. The zero-order valence-corrected chi connectivity index (χ0v) is 13.7. The number of likely N-dealkylation sites (tertiary alicyclic amines) is 1. The molecule has 2 aromatic rings. The Morgan fingerprint density at radius 2 is 2.12 bits per heavy atom. The summed E-state index contributed by atoms with van der Waals surface area (Å²) in [6, 6.07) is 6.31. The van der Waals surface area contributed by atoms with E-state index < -0.39 is 0 Å². The average Bonchev–Trinajstić information content (AvgIpc) is 3.34. The number of amides is 1. The molecule has 1 fully saturated rings. The van der Waals surface area contributed by atoms with Crippen LogP contribution in [0.15, 0.2) is 24.4 Å². The summed E-state index contributed by atoms with van der Waals surface area (Å²) < 4.78 is 1.73. The lowest BCUT2D eigenvalue weighted by Gasteiger charge is -2.25. The van der Waals surface area contributed by atoms with Gasteiger partial charge in [-0.1, -0.05) is 11.3 Å². The number of aromatic nitrogens is 3. The third kappa shape index (κ3) is 2.82. The van der Waals surface area contributed by atoms with Crippen LogP contribution in [0.1, 0.15) is 46.4 Å². The zero-order valence-electron chi connectivity index (χ0n) is 13.7. The summed E-state index contributed by atoms with van der Waals surface area (Å²) in [5.41, 5.74) is 4.09. The number of benzene rings is 1. The Kier molecular flexibility index (Phi) is 4.06. The van der Waals surface area contributed by atoms with Gasteiger partial charge in [0.05, 0.1) is 25.4 Å². The molecule has 1 N–H and O–H groups in total. The Morgan fingerprint density at radius 1 is 1.25 bits per heavy atom. The maximum atomic E-state index is 12.9. The van der Waals surface area contributed by atoms with Crippen molar-refractivity contribution in [1.82, 2.24) is 19.9 Å². The molecule has 1 aliphatic carbocycles. The molecule has 1 aromatic carbocycles. The van der Waals surface area contributed by atoms with Crippen molar-refractivity contribution >= 4 is 5.91 Å². The molecule has 2 heterocycles. The molecular weight excluding hydrogens is 304 g/mol. The molecule has 1 saturated heterocycles. The lowest BCUT2D eigenvalue weighted by molar-refractivity contribution is 0.0721. The van der Waals surface area contributed by atoms with Crippen LogP contribution in [0.2, 0.25) is 0 Å². The van der Waals surface area contributed by atoms with Crippen molar-refractivity contribution in [3.05, 3.63) is 46.8 Å². The van der Waals surface area contributed by atoms with Crippen molar-refractivity contribution in [2.45, 2.75) is 51.3 Å². The minimum Gasteiger partial charge on any atom is -0.390 e. The van der Waals surface area contributed by atoms with Crippen molar-refractivity contribution in [1.29, 1.82) is 0 Å². The van der Waals surface area contributed by atoms with Gasteiger partial charge in [-0.15, -0.1) is 5.10 Å². The fourth-order valence-corrected chi connectivity index (χ4v) is 3.88. The number of aliphatic hydroxyl groups is 1. The highest BCUT2D eigenvalue weighted by molar-refractivity contribution is 5.95. The molecule has 0 radical (unpaired) electrons. The van der Waals surface area contributed by atoms with Gasteiger partial charge in [0, 0.05) is 12.1 Å². The minimum atomic E-state index is -0.109. The van der Waals surface area contributed by atoms with Crippen LogP contribution in [0.4, 0.5) is 0 Å². The van der Waals surface area contributed by atoms with Crippen LogP contribution in [0, 0.1) is 0 Å². The van der Waals surface area contributed by atoms with E-state index in [0.29, 0.717) is 12.2 Å². The maximum absolute atomic E-state index is 12.9. The summed E-state index contributed by atoms with van der Waals surface area (Å²) in [7, 11) is 0. The van der Waals surface area contributed by atoms with Gasteiger partial charge in [0.15, 0.2) is 0 Å². The standard InChI is InChI=1S/C18H22N4O2/c23-12-16-10-21(20-19-16)11-17-5-2-8-22(17)18(24)15-7-6-13-3-1-4-14(13)9-15/h6-7,9-10,17,23H,1-5,8,11-12H2/t17-/m0/s1. The van der Waals surface area contributed by atoms with Crippen molar-refractivity contribution in [2.24, 2.45) is 0 Å². The van der Waals surface area contributed by atoms with E-state index in [1.807, 2.05) is 11.0 Å². The van der Waals surface area contributed by atoms with Gasteiger partial charge in [0.2, 0.25) is 0 Å². The molecule has 2 aliphatic rings. The van der Waals surface area contributed by atoms with Crippen LogP contribution in [0.25, 0.3) is 0 Å². The summed E-state index contributed by atoms with van der Waals surface area (Å²) in [4.78, 5) is 14.9. The Morgan fingerprint density at radius 3 is 2.96 bits per heavy atom. The number of hydrogen-bond donors (Lipinski definition) is 1. The number of nitrogens with zero attached hydrogens (tertiary/aromatic N) is 4. The van der Waals surface area contributed by atoms with E-state index in [-0.39, 0.29) is 18.6 Å². The normalized spacial score (nSPS) is 19.7. The van der Waals surface area contributed by atoms with Gasteiger partial charge >= 0.3 is 0 Å². The lowest BCUT2D eigenvalue weighted by atomic mass is 10.1. The third-order valence-corrected chi connectivity index (χ3v) is 5.13. The van der Waals surface area contributed by atoms with Crippen molar-refractivity contribution in [3.8, 4) is 0 Å². The predicted octanol–water partition coefficient (Wildman–Crippen LogP) is 1.56. The minimum absolute atomic E-state index is 0.109. The van der Waals surface area contributed by atoms with Crippen LogP contribution in [0.5, 0.6) is 0 Å². The van der Waals surface area contributed by atoms with Crippen LogP contribution >= 0.6 is 0 Å². The Hall–Kier alpha value is -2.21. The van der Waals surface area contributed by atoms with Gasteiger partial charge in [0.25, 0.3) is 5.91 Å². The van der Waals surface area contributed by atoms with E-state index in [2.05, 4.69) is 22.4 Å². The molecule has 0 saturated carbocycles. The molecule has 0 spiro atoms. The van der Waals surface area contributed by atoms with Crippen LogP contribution < -0.4 is 0 Å². The molecule has 1 aromatic heterocycles. The smallest absolute Gasteiger partial charge is 0.254 e. The quantitative estimate of drug-likeness (QED) is 0.926. The first-order chi connectivity index (χ1) is 11.7. The predicted molar refractivity (Wildman–Crippen MR) is 88.5 cm³/mol. The summed E-state index contributed by atoms with van der Waals surface area (Å²) in [6.07, 6.45) is 7.15. The highest BCUT2D eigenvalue weighted by Crippen LogP contribution is 2.26. The number of hydrogen-bond acceptors (Lipinski definition) is 4. The van der Waals surface area contributed by atoms with Crippen molar-refractivity contribution in [3.63, 3.8) is 0 Å². The highest BCUT2D eigenvalue weighted by Gasteiger charge is 2.30. The van der Waals surface area contributed by atoms with E-state index in [1.54, 1.807) is 10.9 Å². The second-order valence-corrected chi connectivity index (χ2v) is 6.72. The van der Waals surface area contributed by atoms with Gasteiger partial charge in [-0.3, -0.25) is 9.48 Å². The molecule has 1 aliphatic heterocycles. The number of fused-ring (bicyclic) bond motifs is 1. The fraction of sp³-hybridized carbons (Fsp3) is 0.500. The van der Waals surface area contributed by atoms with Crippen LogP contribution in [-0.4, -0.2) is 43.5 Å². The maximum Gasteiger partial charge on any atom is 0.254 e. The first kappa shape index (κ1) is 15.3. The second-order valence-electron chi connectivity index (χ2n) is 6.72. The molecule has 6 nitrogen and oxygen atoms in total. The molecule has 1 atom stereocenters. The van der Waals surface area contributed by atoms with Gasteiger partial charge in [-0.2, -0.15) is 0 Å². The van der Waals surface area contributed by atoms with Crippen LogP contribution in [0.3, 0.4) is 0 Å². The summed E-state index contributed by atoms with van der Waals surface area (Å²) in [5.74, 6) is 0.120. The van der Waals surface area contributed by atoms with Gasteiger partial charge < -0.3 is 10.0 Å². The molecule has 1 amide bonds. The average molecular weight is 326 g/mol. The Bertz CT molecular complexity index is 755. The Balaban J connectivity index is 1.50. The van der Waals surface area contributed by atoms with Crippen molar-refractivity contribution in [2.75, 3.05) is 6.54 Å². The van der Waals surface area contributed by atoms with E-state index >= 15 is 0 Å². The topological polar surface area (TPSA) is 71.2 Å². The first-order valence-electron chi connectivity index (χ1n) is 8.67. The van der Waals surface area contributed by atoms with E-state index in [9.17, 15) is 4.79 Å². The second kappa shape index (κ2) is 6.36. The van der Waals surface area contributed by atoms with Gasteiger partial charge in [-0.05, 0) is 55.4 Å². The number of aliphatic hydroxyl groups excluding tert-OH is 1. The molecular formula is C18H22N4O2. The fourth-order valence-electron chi connectivity index (χ4n) is 3.88. The van der Waals surface area contributed by atoms with E-state index in [4.69, 9.17) is 5.11 Å². The lowest BCUT2D eigenvalue weighted by Crippen LogP contribution is -2.38. The number of carbonyl (C=O) groups is 1. The molecule has 6 heteroatoms. The Labute approximate surface area is 141 Å². The SMILES string of the molecule is O=C(c1ccc2c(c1)CCC2)N1CCC[C@H]1Cn1cc(CO)nn1. The highest BCUT2D eigenvalue weighted by atomic mass is 16.3. The van der Waals surface area contributed by atoms with Gasteiger partial charge in [-0.25, -0.2) is 0 Å². The first-order valence-corrected chi connectivity index (χ1v) is 8.67. The summed E-state index contributed by atoms with van der Waals surface area (Å²) in [6.45, 7) is 1.31. The summed E-state index contributed by atoms with van der Waals surface area (Å²) >= 11 is 0. The van der Waals surface area contributed by atoms with Crippen LogP contribution in [-0.2, 0) is 26.0 Å². The third-order valence-electron chi connectivity index (χ3n) is 5.13. The molecule has 126 valence electrons. The van der Waals surface area contributed by atoms with Gasteiger partial charge in [0.1, 0.15) is 5.69 Å². The largest absolute Gasteiger partial charge is 0.390 e. The molecule has 0 unspecified atom stereocenters.